The first-order valence-corrected chi connectivity index (χ1v) is 14.9. The van der Waals surface area contributed by atoms with E-state index in [2.05, 4.69) is 5.10 Å². The van der Waals surface area contributed by atoms with Gasteiger partial charge in [-0.15, -0.1) is 0 Å². The molecule has 1 aliphatic rings. The van der Waals surface area contributed by atoms with E-state index < -0.39 is 17.4 Å². The van der Waals surface area contributed by atoms with E-state index in [1.807, 2.05) is 60.7 Å². The van der Waals surface area contributed by atoms with Crippen molar-refractivity contribution >= 4 is 34.1 Å². The van der Waals surface area contributed by atoms with Crippen molar-refractivity contribution in [3.05, 3.63) is 137 Å². The third-order valence-corrected chi connectivity index (χ3v) is 8.34. The second-order valence-corrected chi connectivity index (χ2v) is 11.2. The van der Waals surface area contributed by atoms with E-state index in [1.54, 1.807) is 66.4 Å². The van der Waals surface area contributed by atoms with Crippen LogP contribution in [0.15, 0.2) is 120 Å². The van der Waals surface area contributed by atoms with Gasteiger partial charge < -0.3 is 15.1 Å². The number of aliphatic hydroxyl groups excluding tert-OH is 1. The fourth-order valence-corrected chi connectivity index (χ4v) is 5.93. The van der Waals surface area contributed by atoms with Gasteiger partial charge in [0.2, 0.25) is 5.91 Å². The van der Waals surface area contributed by atoms with Crippen molar-refractivity contribution in [1.29, 1.82) is 0 Å². The number of amides is 2. The number of aromatic nitrogens is 2. The molecule has 2 heterocycles. The number of nitrogens with zero attached hydrogens (tertiary/aromatic N) is 3. The molecule has 1 aliphatic heterocycles. The van der Waals surface area contributed by atoms with Crippen LogP contribution in [0.5, 0.6) is 0 Å². The summed E-state index contributed by atoms with van der Waals surface area (Å²) < 4.78 is 1.41. The molecule has 0 fully saturated rings. The standard InChI is InChI=1S/C36H34N4O5/c1-25(11-10-18-33(42)38(21-22-41)24-26-12-4-2-5-13-26)36(45)30-23-28(40-34(43)29-16-8-9-17-31(29)37-40)19-20-32(30)39(35(36)44)27-14-6-3-7-15-27/h2-17,19-20,23,25,37,41,45H,18,21-22,24H2,1H3/b11-10+/t25-,36+/m1/s1. The highest BCUT2D eigenvalue weighted by Gasteiger charge is 2.53. The minimum atomic E-state index is -1.98. The number of fused-ring (bicyclic) bond motifs is 2. The van der Waals surface area contributed by atoms with Crippen LogP contribution in [-0.2, 0) is 21.7 Å². The van der Waals surface area contributed by atoms with Crippen LogP contribution in [0.2, 0.25) is 0 Å². The second-order valence-electron chi connectivity index (χ2n) is 11.2. The number of H-pyrrole nitrogens is 1. The molecule has 0 spiro atoms. The Balaban J connectivity index is 1.33. The Bertz CT molecular complexity index is 1930. The monoisotopic (exact) mass is 602 g/mol. The molecule has 4 aromatic carbocycles. The minimum absolute atomic E-state index is 0.0290. The molecule has 9 heteroatoms. The van der Waals surface area contributed by atoms with Crippen molar-refractivity contribution in [1.82, 2.24) is 14.7 Å². The molecule has 0 aliphatic carbocycles. The second kappa shape index (κ2) is 12.4. The molecule has 0 radical (unpaired) electrons. The van der Waals surface area contributed by atoms with E-state index in [9.17, 15) is 24.6 Å². The van der Waals surface area contributed by atoms with Gasteiger partial charge >= 0.3 is 0 Å². The largest absolute Gasteiger partial charge is 0.395 e. The number of nitrogens with one attached hydrogen (secondary N) is 1. The van der Waals surface area contributed by atoms with Crippen LogP contribution in [-0.4, -0.2) is 49.9 Å². The van der Waals surface area contributed by atoms with Gasteiger partial charge in [-0.25, -0.2) is 4.68 Å². The molecule has 0 saturated heterocycles. The Hall–Kier alpha value is -5.25. The van der Waals surface area contributed by atoms with Crippen LogP contribution in [0.3, 0.4) is 0 Å². The van der Waals surface area contributed by atoms with Gasteiger partial charge in [0.05, 0.1) is 28.9 Å². The normalized spacial score (nSPS) is 16.8. The third kappa shape index (κ3) is 5.48. The van der Waals surface area contributed by atoms with Crippen molar-refractivity contribution in [3.8, 4) is 5.69 Å². The Morgan fingerprint density at radius 1 is 0.933 bits per heavy atom. The number of hydrogen-bond acceptors (Lipinski definition) is 5. The molecular formula is C36H34N4O5. The Morgan fingerprint density at radius 2 is 1.62 bits per heavy atom. The van der Waals surface area contributed by atoms with Gasteiger partial charge in [-0.05, 0) is 48.0 Å². The molecule has 3 N–H and O–H groups in total. The maximum atomic E-state index is 14.1. The highest BCUT2D eigenvalue weighted by molar-refractivity contribution is 6.12. The molecule has 6 rings (SSSR count). The van der Waals surface area contributed by atoms with Crippen LogP contribution < -0.4 is 10.5 Å². The summed E-state index contributed by atoms with van der Waals surface area (Å²) in [6.07, 6.45) is 3.36. The zero-order chi connectivity index (χ0) is 31.6. The van der Waals surface area contributed by atoms with Crippen LogP contribution >= 0.6 is 0 Å². The molecule has 9 nitrogen and oxygen atoms in total. The first-order valence-electron chi connectivity index (χ1n) is 14.9. The summed E-state index contributed by atoms with van der Waals surface area (Å²) in [7, 11) is 0. The van der Waals surface area contributed by atoms with Gasteiger partial charge in [0.25, 0.3) is 11.5 Å². The Kier molecular flexibility index (Phi) is 8.21. The Morgan fingerprint density at radius 3 is 2.33 bits per heavy atom. The van der Waals surface area contributed by atoms with Crippen LogP contribution in [0, 0.1) is 5.92 Å². The maximum absolute atomic E-state index is 14.1. The molecule has 228 valence electrons. The molecule has 1 aromatic heterocycles. The predicted octanol–water partition coefficient (Wildman–Crippen LogP) is 4.79. The lowest BCUT2D eigenvalue weighted by molar-refractivity contribution is -0.138. The van der Waals surface area contributed by atoms with Gasteiger partial charge in [-0.2, -0.15) is 0 Å². The molecule has 0 saturated carbocycles. The predicted molar refractivity (Wildman–Crippen MR) is 173 cm³/mol. The van der Waals surface area contributed by atoms with E-state index in [-0.39, 0.29) is 31.0 Å². The molecule has 2 atom stereocenters. The smallest absolute Gasteiger partial charge is 0.279 e. The number of aromatic amines is 1. The minimum Gasteiger partial charge on any atom is -0.395 e. The van der Waals surface area contributed by atoms with E-state index in [0.717, 1.165) is 5.56 Å². The van der Waals surface area contributed by atoms with E-state index in [4.69, 9.17) is 0 Å². The summed E-state index contributed by atoms with van der Waals surface area (Å²) in [6, 6.07) is 31.0. The van der Waals surface area contributed by atoms with Crippen molar-refractivity contribution in [2.75, 3.05) is 18.1 Å². The molecule has 0 unspecified atom stereocenters. The first kappa shape index (κ1) is 29.8. The van der Waals surface area contributed by atoms with Gasteiger partial charge in [0.15, 0.2) is 5.60 Å². The van der Waals surface area contributed by atoms with Gasteiger partial charge in [-0.3, -0.25) is 24.4 Å². The van der Waals surface area contributed by atoms with Gasteiger partial charge in [0, 0.05) is 36.7 Å². The summed E-state index contributed by atoms with van der Waals surface area (Å²) >= 11 is 0. The number of carbonyl (C=O) groups excluding carboxylic acids is 2. The Labute approximate surface area is 260 Å². The fourth-order valence-electron chi connectivity index (χ4n) is 5.93. The highest BCUT2D eigenvalue weighted by Crippen LogP contribution is 2.48. The number of aliphatic hydroxyl groups is 2. The number of hydrogen-bond donors (Lipinski definition) is 3. The van der Waals surface area contributed by atoms with Gasteiger partial charge in [0.1, 0.15) is 0 Å². The van der Waals surface area contributed by atoms with E-state index in [1.165, 1.54) is 9.58 Å². The number of carbonyl (C=O) groups is 2. The van der Waals surface area contributed by atoms with Crippen LogP contribution in [0.1, 0.15) is 24.5 Å². The average molecular weight is 603 g/mol. The summed E-state index contributed by atoms with van der Waals surface area (Å²) in [5.74, 6) is -1.45. The molecular weight excluding hydrogens is 568 g/mol. The SMILES string of the molecule is C[C@H](/C=C/CC(=O)N(CCO)Cc1ccccc1)[C@@]1(O)C(=O)N(c2ccccc2)c2ccc(-n3[nH]c4ccccc4c3=O)cc21. The quantitative estimate of drug-likeness (QED) is 0.199. The van der Waals surface area contributed by atoms with Crippen molar-refractivity contribution in [3.63, 3.8) is 0 Å². The van der Waals surface area contributed by atoms with Crippen molar-refractivity contribution in [2.45, 2.75) is 25.5 Å². The zero-order valence-electron chi connectivity index (χ0n) is 24.8. The summed E-state index contributed by atoms with van der Waals surface area (Å²) in [5.41, 5.74) is 1.33. The lowest BCUT2D eigenvalue weighted by Gasteiger charge is -2.28. The molecule has 0 bridgehead atoms. The summed E-state index contributed by atoms with van der Waals surface area (Å²) in [4.78, 5) is 43.6. The van der Waals surface area contributed by atoms with Gasteiger partial charge in [-0.1, -0.05) is 79.7 Å². The number of para-hydroxylation sites is 2. The third-order valence-electron chi connectivity index (χ3n) is 8.34. The number of rotatable bonds is 10. The van der Waals surface area contributed by atoms with E-state index >= 15 is 0 Å². The van der Waals surface area contributed by atoms with Crippen molar-refractivity contribution < 1.29 is 19.8 Å². The highest BCUT2D eigenvalue weighted by atomic mass is 16.3. The zero-order valence-corrected chi connectivity index (χ0v) is 24.8. The number of anilines is 2. The first-order chi connectivity index (χ1) is 21.8. The summed E-state index contributed by atoms with van der Waals surface area (Å²) in [6.45, 7) is 2.12. The van der Waals surface area contributed by atoms with Crippen molar-refractivity contribution in [2.24, 2.45) is 5.92 Å². The fraction of sp³-hybridized carbons (Fsp3) is 0.194. The maximum Gasteiger partial charge on any atom is 0.279 e. The average Bonchev–Trinajstić information content (AvgIpc) is 3.52. The molecule has 2 amide bonds. The lowest BCUT2D eigenvalue weighted by Crippen LogP contribution is -2.42. The topological polar surface area (TPSA) is 119 Å². The summed E-state index contributed by atoms with van der Waals surface area (Å²) in [5, 5.41) is 25.5. The number of benzene rings is 4. The van der Waals surface area contributed by atoms with E-state index in [0.29, 0.717) is 40.1 Å². The van der Waals surface area contributed by atoms with Crippen LogP contribution in [0.25, 0.3) is 16.6 Å². The lowest BCUT2D eigenvalue weighted by atomic mass is 9.82. The molecule has 45 heavy (non-hydrogen) atoms. The molecule has 5 aromatic rings. The van der Waals surface area contributed by atoms with Crippen LogP contribution in [0.4, 0.5) is 11.4 Å².